The number of carbonyl (C=O) groups is 2. The molecule has 0 radical (unpaired) electrons. The van der Waals surface area contributed by atoms with Gasteiger partial charge in [0.1, 0.15) is 5.54 Å². The number of carboxylic acid groups (broad SMARTS) is 1. The van der Waals surface area contributed by atoms with Crippen molar-refractivity contribution in [1.82, 2.24) is 14.9 Å². The number of anilines is 1. The van der Waals surface area contributed by atoms with E-state index in [2.05, 4.69) is 9.97 Å². The van der Waals surface area contributed by atoms with Gasteiger partial charge < -0.3 is 14.7 Å². The second-order valence-electron chi connectivity index (χ2n) is 8.23. The van der Waals surface area contributed by atoms with Crippen molar-refractivity contribution >= 4 is 17.6 Å². The summed E-state index contributed by atoms with van der Waals surface area (Å²) in [6.07, 6.45) is -1.45. The summed E-state index contributed by atoms with van der Waals surface area (Å²) in [5.41, 5.74) is 1.93. The van der Waals surface area contributed by atoms with Gasteiger partial charge in [-0.2, -0.15) is 0 Å². The van der Waals surface area contributed by atoms with Gasteiger partial charge in [-0.3, -0.25) is 9.69 Å². The molecule has 0 saturated heterocycles. The molecule has 0 spiro atoms. The lowest BCUT2D eigenvalue weighted by molar-refractivity contribution is -0.153. The predicted octanol–water partition coefficient (Wildman–Crippen LogP) is 2.78. The fraction of sp³-hybridized carbons (Fsp3) is 0.280. The number of carbonyl (C=O) groups excluding carboxylic acids is 1. The number of hydrogen-bond donors (Lipinski definition) is 1. The second-order valence-corrected chi connectivity index (χ2v) is 8.23. The van der Waals surface area contributed by atoms with Gasteiger partial charge in [-0.15, -0.1) is 0 Å². The number of rotatable bonds is 5. The van der Waals surface area contributed by atoms with Crippen molar-refractivity contribution in [3.05, 3.63) is 83.2 Å². The molecule has 0 aliphatic carbocycles. The molecule has 1 aliphatic rings. The van der Waals surface area contributed by atoms with Crippen LogP contribution in [0.5, 0.6) is 6.01 Å². The molecule has 4 rings (SSSR count). The standard InChI is InChI=1S/C25H26N4O4/c1-16-14-17(2)27-24(26-16)33-22(23(31)32)25(18-10-6-5-7-11-18)19-12-8-9-13-20(19)29(4)21(30)15-28(25)3/h5-14,22H,15H2,1-4H3,(H,31,32)/t22-,25+/m1/s1. The number of aromatic nitrogens is 2. The summed E-state index contributed by atoms with van der Waals surface area (Å²) in [5, 5.41) is 10.5. The molecule has 2 aromatic carbocycles. The normalized spacial score (nSPS) is 19.5. The number of ether oxygens (including phenoxy) is 1. The number of likely N-dealkylation sites (N-methyl/N-ethyl adjacent to an activating group) is 2. The fourth-order valence-electron chi connectivity index (χ4n) is 4.59. The van der Waals surface area contributed by atoms with Gasteiger partial charge in [0, 0.05) is 29.7 Å². The zero-order valence-electron chi connectivity index (χ0n) is 19.0. The molecule has 2 atom stereocenters. The largest absolute Gasteiger partial charge is 0.478 e. The number of aliphatic carboxylic acids is 1. The summed E-state index contributed by atoms with van der Waals surface area (Å²) in [6.45, 7) is 3.58. The molecule has 1 aromatic heterocycles. The van der Waals surface area contributed by atoms with E-state index in [0.29, 0.717) is 28.2 Å². The number of carboxylic acids is 1. The van der Waals surface area contributed by atoms with E-state index in [1.807, 2.05) is 54.6 Å². The quantitative estimate of drug-likeness (QED) is 0.644. The first-order valence-electron chi connectivity index (χ1n) is 10.6. The Kier molecular flexibility index (Phi) is 5.86. The molecule has 170 valence electrons. The highest BCUT2D eigenvalue weighted by Crippen LogP contribution is 2.45. The predicted molar refractivity (Wildman–Crippen MR) is 123 cm³/mol. The van der Waals surface area contributed by atoms with Crippen LogP contribution in [0, 0.1) is 13.8 Å². The van der Waals surface area contributed by atoms with Gasteiger partial charge in [0.05, 0.1) is 6.54 Å². The van der Waals surface area contributed by atoms with Crippen LogP contribution in [0.4, 0.5) is 5.69 Å². The first-order valence-corrected chi connectivity index (χ1v) is 10.6. The van der Waals surface area contributed by atoms with Gasteiger partial charge in [0.2, 0.25) is 12.0 Å². The molecule has 1 N–H and O–H groups in total. The minimum Gasteiger partial charge on any atom is -0.478 e. The zero-order chi connectivity index (χ0) is 23.8. The van der Waals surface area contributed by atoms with Crippen LogP contribution in [-0.4, -0.2) is 58.6 Å². The van der Waals surface area contributed by atoms with Gasteiger partial charge in [-0.1, -0.05) is 48.5 Å². The number of aryl methyl sites for hydroxylation is 2. The number of hydrogen-bond acceptors (Lipinski definition) is 6. The first kappa shape index (κ1) is 22.4. The molecule has 3 aromatic rings. The molecule has 33 heavy (non-hydrogen) atoms. The monoisotopic (exact) mass is 446 g/mol. The summed E-state index contributed by atoms with van der Waals surface area (Å²) in [5.74, 6) is -1.35. The Labute approximate surface area is 192 Å². The highest BCUT2D eigenvalue weighted by Gasteiger charge is 2.54. The molecule has 0 fully saturated rings. The molecule has 0 unspecified atom stereocenters. The average Bonchev–Trinajstić information content (AvgIpc) is 2.86. The summed E-state index contributed by atoms with van der Waals surface area (Å²) >= 11 is 0. The topological polar surface area (TPSA) is 95.9 Å². The van der Waals surface area contributed by atoms with Crippen molar-refractivity contribution in [2.24, 2.45) is 0 Å². The molecule has 1 aliphatic heterocycles. The molecule has 8 nitrogen and oxygen atoms in total. The van der Waals surface area contributed by atoms with E-state index in [4.69, 9.17) is 4.74 Å². The Morgan fingerprint density at radius 1 is 1.03 bits per heavy atom. The number of amides is 1. The van der Waals surface area contributed by atoms with Crippen molar-refractivity contribution in [2.75, 3.05) is 25.5 Å². The summed E-state index contributed by atoms with van der Waals surface area (Å²) in [6, 6.07) is 18.3. The van der Waals surface area contributed by atoms with Crippen molar-refractivity contribution in [2.45, 2.75) is 25.5 Å². The fourth-order valence-corrected chi connectivity index (χ4v) is 4.59. The second kappa shape index (κ2) is 8.63. The maximum atomic E-state index is 13.0. The number of nitrogens with zero attached hydrogens (tertiary/aromatic N) is 4. The van der Waals surface area contributed by atoms with Crippen molar-refractivity contribution < 1.29 is 19.4 Å². The van der Waals surface area contributed by atoms with E-state index < -0.39 is 17.6 Å². The van der Waals surface area contributed by atoms with Gasteiger partial charge in [-0.25, -0.2) is 14.8 Å². The Balaban J connectivity index is 2.04. The lowest BCUT2D eigenvalue weighted by atomic mass is 9.76. The third-order valence-corrected chi connectivity index (χ3v) is 6.03. The first-order chi connectivity index (χ1) is 15.7. The van der Waals surface area contributed by atoms with Crippen LogP contribution in [0.15, 0.2) is 60.7 Å². The SMILES string of the molecule is Cc1cc(C)nc(O[C@H](C(=O)O)[C@]2(c3ccccc3)c3ccccc3N(C)C(=O)CN2C)n1. The lowest BCUT2D eigenvalue weighted by Gasteiger charge is -2.44. The molecule has 0 bridgehead atoms. The Morgan fingerprint density at radius 3 is 2.27 bits per heavy atom. The molecule has 1 amide bonds. The van der Waals surface area contributed by atoms with E-state index in [1.54, 1.807) is 43.8 Å². The third-order valence-electron chi connectivity index (χ3n) is 6.03. The average molecular weight is 447 g/mol. The van der Waals surface area contributed by atoms with E-state index in [0.717, 1.165) is 0 Å². The van der Waals surface area contributed by atoms with E-state index in [9.17, 15) is 14.7 Å². The van der Waals surface area contributed by atoms with E-state index in [-0.39, 0.29) is 18.5 Å². The van der Waals surface area contributed by atoms with E-state index >= 15 is 0 Å². The van der Waals surface area contributed by atoms with Gasteiger partial charge in [0.15, 0.2) is 0 Å². The van der Waals surface area contributed by atoms with Crippen LogP contribution >= 0.6 is 0 Å². The highest BCUT2D eigenvalue weighted by molar-refractivity contribution is 5.97. The Bertz CT molecular complexity index is 1180. The van der Waals surface area contributed by atoms with Crippen LogP contribution in [0.25, 0.3) is 0 Å². The summed E-state index contributed by atoms with van der Waals surface area (Å²) in [7, 11) is 3.43. The highest BCUT2D eigenvalue weighted by atomic mass is 16.5. The minimum atomic E-state index is -1.45. The van der Waals surface area contributed by atoms with Crippen LogP contribution in [-0.2, 0) is 15.1 Å². The van der Waals surface area contributed by atoms with Crippen molar-refractivity contribution in [3.8, 4) is 6.01 Å². The van der Waals surface area contributed by atoms with Gasteiger partial charge in [-0.05, 0) is 38.6 Å². The van der Waals surface area contributed by atoms with Crippen LogP contribution < -0.4 is 9.64 Å². The summed E-state index contributed by atoms with van der Waals surface area (Å²) in [4.78, 5) is 37.8. The maximum Gasteiger partial charge on any atom is 0.347 e. The molecule has 8 heteroatoms. The zero-order valence-corrected chi connectivity index (χ0v) is 19.0. The Morgan fingerprint density at radius 2 is 1.64 bits per heavy atom. The summed E-state index contributed by atoms with van der Waals surface area (Å²) < 4.78 is 6.09. The van der Waals surface area contributed by atoms with Crippen molar-refractivity contribution in [1.29, 1.82) is 0 Å². The van der Waals surface area contributed by atoms with Gasteiger partial charge in [0.25, 0.3) is 0 Å². The van der Waals surface area contributed by atoms with E-state index in [1.165, 1.54) is 0 Å². The minimum absolute atomic E-state index is 0.0130. The Hall–Kier alpha value is -3.78. The maximum absolute atomic E-state index is 13.0. The number of fused-ring (bicyclic) bond motifs is 1. The third kappa shape index (κ3) is 3.82. The van der Waals surface area contributed by atoms with Gasteiger partial charge >= 0.3 is 12.0 Å². The molecule has 2 heterocycles. The van der Waals surface area contributed by atoms with Crippen LogP contribution in [0.2, 0.25) is 0 Å². The molecular formula is C25H26N4O4. The number of para-hydroxylation sites is 1. The number of benzene rings is 2. The lowest BCUT2D eigenvalue weighted by Crippen LogP contribution is -2.59. The molecular weight excluding hydrogens is 420 g/mol. The smallest absolute Gasteiger partial charge is 0.347 e. The van der Waals surface area contributed by atoms with Crippen molar-refractivity contribution in [3.63, 3.8) is 0 Å². The molecule has 0 saturated carbocycles. The van der Waals surface area contributed by atoms with Crippen LogP contribution in [0.3, 0.4) is 0 Å². The van der Waals surface area contributed by atoms with Crippen LogP contribution in [0.1, 0.15) is 22.5 Å².